The van der Waals surface area contributed by atoms with Gasteiger partial charge in [0.05, 0.1) is 18.7 Å². The van der Waals surface area contributed by atoms with Crippen LogP contribution in [0, 0.1) is 0 Å². The molecule has 5 nitrogen and oxygen atoms in total. The second-order valence-corrected chi connectivity index (χ2v) is 6.14. The third kappa shape index (κ3) is 1.73. The molecule has 0 radical (unpaired) electrons. The number of aliphatic hydroxyl groups excluding tert-OH is 1. The molecule has 2 aliphatic heterocycles. The fourth-order valence-corrected chi connectivity index (χ4v) is 3.65. The molecular weight excluding hydrogens is 292 g/mol. The summed E-state index contributed by atoms with van der Waals surface area (Å²) in [4.78, 5) is 16.2. The van der Waals surface area contributed by atoms with Crippen LogP contribution < -0.4 is 10.8 Å². The Kier molecular flexibility index (Phi) is 2.40. The molecule has 2 aromatic rings. The SMILES string of the molecule is O=C1CC2=C(CO1)C(O)=c1c(nc3n1Cc1ccccc1C=3)C2. The van der Waals surface area contributed by atoms with Crippen molar-refractivity contribution in [2.45, 2.75) is 19.4 Å². The standard InChI is InChI=1S/C18H14N2O3/c21-16-7-12-5-14-17(18(22)13(12)9-23-16)20-8-11-4-2-1-3-10(11)6-15(20)19-14/h1-4,6,22H,5,7-9H2. The van der Waals surface area contributed by atoms with E-state index in [1.807, 2.05) is 22.8 Å². The summed E-state index contributed by atoms with van der Waals surface area (Å²) in [6.45, 7) is 0.844. The van der Waals surface area contributed by atoms with Crippen molar-refractivity contribution in [2.75, 3.05) is 6.61 Å². The molecule has 0 atom stereocenters. The topological polar surface area (TPSA) is 64.3 Å². The van der Waals surface area contributed by atoms with E-state index in [0.717, 1.165) is 33.2 Å². The number of rotatable bonds is 0. The van der Waals surface area contributed by atoms with Crippen molar-refractivity contribution in [3.63, 3.8) is 0 Å². The van der Waals surface area contributed by atoms with Gasteiger partial charge in [-0.1, -0.05) is 24.3 Å². The molecule has 0 saturated heterocycles. The number of aromatic nitrogens is 2. The van der Waals surface area contributed by atoms with Crippen molar-refractivity contribution in [3.05, 3.63) is 63.1 Å². The molecule has 1 aromatic heterocycles. The number of ether oxygens (including phenoxy) is 1. The summed E-state index contributed by atoms with van der Waals surface area (Å²) in [6.07, 6.45) is 2.89. The summed E-state index contributed by atoms with van der Waals surface area (Å²) in [7, 11) is 0. The van der Waals surface area contributed by atoms with Crippen molar-refractivity contribution in [2.24, 2.45) is 0 Å². The lowest BCUT2D eigenvalue weighted by molar-refractivity contribution is -0.142. The van der Waals surface area contributed by atoms with Crippen LogP contribution in [0.5, 0.6) is 0 Å². The van der Waals surface area contributed by atoms with Crippen LogP contribution in [-0.4, -0.2) is 27.2 Å². The average Bonchev–Trinajstić information content (AvgIpc) is 2.89. The molecule has 0 unspecified atom stereocenters. The number of benzene rings is 1. The van der Waals surface area contributed by atoms with Crippen LogP contribution in [0.25, 0.3) is 11.8 Å². The van der Waals surface area contributed by atoms with Gasteiger partial charge in [-0.15, -0.1) is 0 Å². The van der Waals surface area contributed by atoms with Crippen LogP contribution in [0.2, 0.25) is 0 Å². The molecule has 0 amide bonds. The Hall–Kier alpha value is -2.82. The maximum Gasteiger partial charge on any atom is 0.310 e. The number of carbonyl (C=O) groups is 1. The first-order chi connectivity index (χ1) is 11.2. The minimum absolute atomic E-state index is 0.153. The zero-order chi connectivity index (χ0) is 15.6. The van der Waals surface area contributed by atoms with Crippen LogP contribution in [0.3, 0.4) is 0 Å². The summed E-state index contributed by atoms with van der Waals surface area (Å²) in [5.41, 5.74) is 5.75. The van der Waals surface area contributed by atoms with Crippen molar-refractivity contribution < 1.29 is 14.6 Å². The number of esters is 1. The largest absolute Gasteiger partial charge is 0.505 e. The minimum atomic E-state index is -0.233. The maximum atomic E-state index is 11.5. The third-order valence-electron chi connectivity index (χ3n) is 4.79. The third-order valence-corrected chi connectivity index (χ3v) is 4.79. The molecule has 1 aromatic carbocycles. The molecule has 5 rings (SSSR count). The summed E-state index contributed by atoms with van der Waals surface area (Å²) >= 11 is 0. The van der Waals surface area contributed by atoms with E-state index in [-0.39, 0.29) is 24.8 Å². The first-order valence-corrected chi connectivity index (χ1v) is 7.66. The van der Waals surface area contributed by atoms with Gasteiger partial charge in [0.15, 0.2) is 0 Å². The second kappa shape index (κ2) is 4.35. The predicted molar refractivity (Wildman–Crippen MR) is 82.9 cm³/mol. The van der Waals surface area contributed by atoms with E-state index in [1.54, 1.807) is 0 Å². The molecule has 0 bridgehead atoms. The molecule has 0 fully saturated rings. The Bertz CT molecular complexity index is 1030. The van der Waals surface area contributed by atoms with Gasteiger partial charge in [0, 0.05) is 12.0 Å². The first-order valence-electron chi connectivity index (χ1n) is 7.66. The van der Waals surface area contributed by atoms with Gasteiger partial charge in [-0.05, 0) is 22.8 Å². The smallest absolute Gasteiger partial charge is 0.310 e. The molecule has 5 heteroatoms. The Balaban J connectivity index is 1.76. The van der Waals surface area contributed by atoms with Crippen LogP contribution in [-0.2, 0) is 22.5 Å². The van der Waals surface area contributed by atoms with E-state index in [0.29, 0.717) is 13.0 Å². The number of aliphatic hydroxyl groups is 1. The molecule has 1 N–H and O–H groups in total. The molecule has 3 aliphatic rings. The molecule has 23 heavy (non-hydrogen) atoms. The highest BCUT2D eigenvalue weighted by molar-refractivity contribution is 5.78. The predicted octanol–water partition coefficient (Wildman–Crippen LogP) is 0.539. The highest BCUT2D eigenvalue weighted by atomic mass is 16.5. The molecular formula is C18H14N2O3. The summed E-state index contributed by atoms with van der Waals surface area (Å²) in [5, 5.41) is 11.5. The number of cyclic esters (lactones) is 1. The van der Waals surface area contributed by atoms with Crippen LogP contribution in [0.15, 0.2) is 35.4 Å². The molecule has 0 spiro atoms. The number of hydrogen-bond donors (Lipinski definition) is 1. The van der Waals surface area contributed by atoms with Crippen molar-refractivity contribution in [3.8, 4) is 0 Å². The number of carbonyl (C=O) groups excluding carboxylic acids is 1. The highest BCUT2D eigenvalue weighted by Gasteiger charge is 2.29. The number of fused-ring (bicyclic) bond motifs is 4. The lowest BCUT2D eigenvalue weighted by Crippen LogP contribution is -2.35. The van der Waals surface area contributed by atoms with Crippen LogP contribution in [0.1, 0.15) is 23.2 Å². The Morgan fingerprint density at radius 3 is 3.00 bits per heavy atom. The molecule has 3 heterocycles. The second-order valence-electron chi connectivity index (χ2n) is 6.14. The Labute approximate surface area is 131 Å². The highest BCUT2D eigenvalue weighted by Crippen LogP contribution is 2.27. The number of imidazole rings is 1. The van der Waals surface area contributed by atoms with Gasteiger partial charge in [0.2, 0.25) is 0 Å². The first kappa shape index (κ1) is 12.7. The van der Waals surface area contributed by atoms with E-state index >= 15 is 0 Å². The quantitative estimate of drug-likeness (QED) is 0.616. The van der Waals surface area contributed by atoms with E-state index in [1.165, 1.54) is 5.56 Å². The van der Waals surface area contributed by atoms with E-state index < -0.39 is 0 Å². The molecule has 114 valence electrons. The van der Waals surface area contributed by atoms with Gasteiger partial charge in [0.25, 0.3) is 0 Å². The molecule has 0 saturated carbocycles. The normalized spacial score (nSPS) is 18.4. The fourth-order valence-electron chi connectivity index (χ4n) is 3.65. The van der Waals surface area contributed by atoms with Gasteiger partial charge >= 0.3 is 5.97 Å². The zero-order valence-electron chi connectivity index (χ0n) is 12.4. The van der Waals surface area contributed by atoms with Crippen molar-refractivity contribution in [1.29, 1.82) is 0 Å². The van der Waals surface area contributed by atoms with E-state index in [4.69, 9.17) is 9.72 Å². The summed E-state index contributed by atoms with van der Waals surface area (Å²) in [6, 6.07) is 8.20. The maximum absolute atomic E-state index is 11.5. The van der Waals surface area contributed by atoms with Gasteiger partial charge in [-0.2, -0.15) is 0 Å². The number of hydrogen-bond acceptors (Lipinski definition) is 4. The Morgan fingerprint density at radius 1 is 1.22 bits per heavy atom. The zero-order valence-corrected chi connectivity index (χ0v) is 12.4. The van der Waals surface area contributed by atoms with Crippen molar-refractivity contribution in [1.82, 2.24) is 9.55 Å². The number of nitrogens with zero attached hydrogens (tertiary/aromatic N) is 2. The van der Waals surface area contributed by atoms with Gasteiger partial charge in [-0.25, -0.2) is 4.98 Å². The summed E-state index contributed by atoms with van der Waals surface area (Å²) in [5.74, 6) is -0.0248. The lowest BCUT2D eigenvalue weighted by Gasteiger charge is -2.23. The van der Waals surface area contributed by atoms with Crippen LogP contribution >= 0.6 is 0 Å². The monoisotopic (exact) mass is 306 g/mol. The average molecular weight is 306 g/mol. The van der Waals surface area contributed by atoms with Gasteiger partial charge in [0.1, 0.15) is 23.2 Å². The van der Waals surface area contributed by atoms with Crippen molar-refractivity contribution >= 4 is 17.8 Å². The summed E-state index contributed by atoms with van der Waals surface area (Å²) < 4.78 is 7.14. The van der Waals surface area contributed by atoms with E-state index in [9.17, 15) is 9.90 Å². The van der Waals surface area contributed by atoms with Crippen LogP contribution in [0.4, 0.5) is 0 Å². The Morgan fingerprint density at radius 2 is 2.09 bits per heavy atom. The molecule has 1 aliphatic carbocycles. The lowest BCUT2D eigenvalue weighted by atomic mass is 9.93. The fraction of sp³-hybridized carbons (Fsp3) is 0.222. The van der Waals surface area contributed by atoms with Gasteiger partial charge in [-0.3, -0.25) is 4.79 Å². The van der Waals surface area contributed by atoms with E-state index in [2.05, 4.69) is 12.1 Å². The minimum Gasteiger partial charge on any atom is -0.505 e. The van der Waals surface area contributed by atoms with Gasteiger partial charge < -0.3 is 14.4 Å².